The lowest BCUT2D eigenvalue weighted by atomic mass is 10.1. The van der Waals surface area contributed by atoms with Gasteiger partial charge in [-0.1, -0.05) is 0 Å². The standard InChI is InChI=1S/C14H22N2O3S2/c1-19-13-3-4-14(12(11-13)5-6-15)21(17,18)16-7-2-9-20-10-8-16/h3-4,11H,2,5-10,15H2,1H3. The Balaban J connectivity index is 2.37. The zero-order chi connectivity index (χ0) is 15.3. The molecule has 1 aliphatic rings. The summed E-state index contributed by atoms with van der Waals surface area (Å²) in [5, 5.41) is 0. The molecule has 1 fully saturated rings. The van der Waals surface area contributed by atoms with Crippen molar-refractivity contribution in [2.24, 2.45) is 5.73 Å². The minimum atomic E-state index is -3.45. The molecule has 2 N–H and O–H groups in total. The number of hydrogen-bond donors (Lipinski definition) is 1. The first-order valence-corrected chi connectivity index (χ1v) is 9.64. The Morgan fingerprint density at radius 1 is 1.33 bits per heavy atom. The zero-order valence-corrected chi connectivity index (χ0v) is 13.9. The maximum absolute atomic E-state index is 12.9. The molecule has 0 unspecified atom stereocenters. The van der Waals surface area contributed by atoms with Crippen LogP contribution in [-0.2, 0) is 16.4 Å². The quantitative estimate of drug-likeness (QED) is 0.881. The van der Waals surface area contributed by atoms with E-state index in [1.807, 2.05) is 0 Å². The molecule has 1 aromatic rings. The Morgan fingerprint density at radius 3 is 2.86 bits per heavy atom. The highest BCUT2D eigenvalue weighted by molar-refractivity contribution is 7.99. The molecular weight excluding hydrogens is 308 g/mol. The summed E-state index contributed by atoms with van der Waals surface area (Å²) in [5.74, 6) is 2.52. The van der Waals surface area contributed by atoms with E-state index in [4.69, 9.17) is 10.5 Å². The van der Waals surface area contributed by atoms with Gasteiger partial charge in [0, 0.05) is 18.8 Å². The first kappa shape index (κ1) is 16.6. The van der Waals surface area contributed by atoms with E-state index in [-0.39, 0.29) is 0 Å². The van der Waals surface area contributed by atoms with E-state index in [0.29, 0.717) is 36.7 Å². The van der Waals surface area contributed by atoms with E-state index >= 15 is 0 Å². The summed E-state index contributed by atoms with van der Waals surface area (Å²) in [6, 6.07) is 5.10. The van der Waals surface area contributed by atoms with E-state index in [0.717, 1.165) is 23.5 Å². The molecule has 0 aromatic heterocycles. The van der Waals surface area contributed by atoms with Gasteiger partial charge < -0.3 is 10.5 Å². The first-order valence-electron chi connectivity index (χ1n) is 7.04. The van der Waals surface area contributed by atoms with Crippen molar-refractivity contribution in [3.8, 4) is 5.75 Å². The lowest BCUT2D eigenvalue weighted by Gasteiger charge is -2.21. The number of nitrogens with zero attached hydrogens (tertiary/aromatic N) is 1. The lowest BCUT2D eigenvalue weighted by molar-refractivity contribution is 0.413. The predicted molar refractivity (Wildman–Crippen MR) is 86.5 cm³/mol. The third-order valence-corrected chi connectivity index (χ3v) is 6.53. The molecule has 21 heavy (non-hydrogen) atoms. The van der Waals surface area contributed by atoms with Crippen molar-refractivity contribution in [3.05, 3.63) is 23.8 Å². The van der Waals surface area contributed by atoms with Crippen LogP contribution in [0.25, 0.3) is 0 Å². The number of thioether (sulfide) groups is 1. The van der Waals surface area contributed by atoms with Gasteiger partial charge in [-0.25, -0.2) is 8.42 Å². The van der Waals surface area contributed by atoms with Crippen LogP contribution in [0.2, 0.25) is 0 Å². The minimum Gasteiger partial charge on any atom is -0.497 e. The molecule has 1 aliphatic heterocycles. The molecule has 0 spiro atoms. The van der Waals surface area contributed by atoms with Crippen molar-refractivity contribution in [2.75, 3.05) is 38.2 Å². The number of hydrogen-bond acceptors (Lipinski definition) is 5. The van der Waals surface area contributed by atoms with Crippen LogP contribution in [0.5, 0.6) is 5.75 Å². The summed E-state index contributed by atoms with van der Waals surface area (Å²) in [7, 11) is -1.88. The third kappa shape index (κ3) is 3.91. The monoisotopic (exact) mass is 330 g/mol. The second-order valence-corrected chi connectivity index (χ2v) is 8.01. The third-order valence-electron chi connectivity index (χ3n) is 3.48. The summed E-state index contributed by atoms with van der Waals surface area (Å²) < 4.78 is 32.5. The van der Waals surface area contributed by atoms with E-state index in [9.17, 15) is 8.42 Å². The van der Waals surface area contributed by atoms with Crippen molar-refractivity contribution < 1.29 is 13.2 Å². The van der Waals surface area contributed by atoms with Gasteiger partial charge in [-0.2, -0.15) is 16.1 Å². The Hall–Kier alpha value is -0.760. The predicted octanol–water partition coefficient (Wildman–Crippen LogP) is 1.32. The molecule has 1 aromatic carbocycles. The normalized spacial score (nSPS) is 17.4. The molecule has 0 bridgehead atoms. The Bertz CT molecular complexity index is 568. The molecular formula is C14H22N2O3S2. The summed E-state index contributed by atoms with van der Waals surface area (Å²) in [6.07, 6.45) is 1.42. The maximum atomic E-state index is 12.9. The van der Waals surface area contributed by atoms with E-state index in [1.54, 1.807) is 41.4 Å². The number of benzene rings is 1. The maximum Gasteiger partial charge on any atom is 0.243 e. The second-order valence-electron chi connectivity index (χ2n) is 4.88. The Morgan fingerprint density at radius 2 is 2.14 bits per heavy atom. The average Bonchev–Trinajstić information content (AvgIpc) is 2.77. The highest BCUT2D eigenvalue weighted by Crippen LogP contribution is 2.26. The molecule has 7 heteroatoms. The molecule has 0 aliphatic carbocycles. The molecule has 0 radical (unpaired) electrons. The van der Waals surface area contributed by atoms with Gasteiger partial charge in [-0.3, -0.25) is 0 Å². The van der Waals surface area contributed by atoms with Crippen molar-refractivity contribution >= 4 is 21.8 Å². The van der Waals surface area contributed by atoms with Crippen LogP contribution in [0.1, 0.15) is 12.0 Å². The van der Waals surface area contributed by atoms with Gasteiger partial charge in [0.2, 0.25) is 10.0 Å². The first-order chi connectivity index (χ1) is 10.1. The number of methoxy groups -OCH3 is 1. The largest absolute Gasteiger partial charge is 0.497 e. The fraction of sp³-hybridized carbons (Fsp3) is 0.571. The number of nitrogens with two attached hydrogens (primary N) is 1. The van der Waals surface area contributed by atoms with Crippen molar-refractivity contribution in [2.45, 2.75) is 17.7 Å². The number of ether oxygens (including phenoxy) is 1. The van der Waals surface area contributed by atoms with Crippen molar-refractivity contribution in [1.29, 1.82) is 0 Å². The van der Waals surface area contributed by atoms with Gasteiger partial charge in [0.25, 0.3) is 0 Å². The topological polar surface area (TPSA) is 72.6 Å². The molecule has 1 heterocycles. The molecule has 118 valence electrons. The zero-order valence-electron chi connectivity index (χ0n) is 12.2. The number of rotatable bonds is 5. The molecule has 0 amide bonds. The summed E-state index contributed by atoms with van der Waals surface area (Å²) in [5.41, 5.74) is 6.35. The summed E-state index contributed by atoms with van der Waals surface area (Å²) in [6.45, 7) is 1.57. The van der Waals surface area contributed by atoms with Gasteiger partial charge in [0.05, 0.1) is 12.0 Å². The molecule has 0 atom stereocenters. The van der Waals surface area contributed by atoms with E-state index in [1.165, 1.54) is 0 Å². The number of sulfonamides is 1. The molecule has 5 nitrogen and oxygen atoms in total. The second kappa shape index (κ2) is 7.49. The molecule has 2 rings (SSSR count). The van der Waals surface area contributed by atoms with Gasteiger partial charge in [-0.15, -0.1) is 0 Å². The minimum absolute atomic E-state index is 0.362. The Kier molecular flexibility index (Phi) is 5.92. The van der Waals surface area contributed by atoms with Crippen molar-refractivity contribution in [3.63, 3.8) is 0 Å². The van der Waals surface area contributed by atoms with E-state index in [2.05, 4.69) is 0 Å². The van der Waals surface area contributed by atoms with Crippen LogP contribution in [0.3, 0.4) is 0 Å². The summed E-state index contributed by atoms with van der Waals surface area (Å²) >= 11 is 1.81. The van der Waals surface area contributed by atoms with Gasteiger partial charge in [-0.05, 0) is 48.9 Å². The summed E-state index contributed by atoms with van der Waals surface area (Å²) in [4.78, 5) is 0.362. The van der Waals surface area contributed by atoms with Crippen molar-refractivity contribution in [1.82, 2.24) is 4.31 Å². The van der Waals surface area contributed by atoms with Gasteiger partial charge in [0.1, 0.15) is 5.75 Å². The smallest absolute Gasteiger partial charge is 0.243 e. The van der Waals surface area contributed by atoms with Gasteiger partial charge in [0.15, 0.2) is 0 Å². The van der Waals surface area contributed by atoms with Crippen LogP contribution < -0.4 is 10.5 Å². The highest BCUT2D eigenvalue weighted by atomic mass is 32.2. The highest BCUT2D eigenvalue weighted by Gasteiger charge is 2.27. The molecule has 0 saturated carbocycles. The Labute approximate surface area is 130 Å². The van der Waals surface area contributed by atoms with Crippen LogP contribution in [0.4, 0.5) is 0 Å². The average molecular weight is 330 g/mol. The van der Waals surface area contributed by atoms with Gasteiger partial charge >= 0.3 is 0 Å². The van der Waals surface area contributed by atoms with Crippen LogP contribution in [-0.4, -0.2) is 51.0 Å². The fourth-order valence-electron chi connectivity index (χ4n) is 2.39. The lowest BCUT2D eigenvalue weighted by Crippen LogP contribution is -2.33. The van der Waals surface area contributed by atoms with Crippen LogP contribution in [0.15, 0.2) is 23.1 Å². The fourth-order valence-corrected chi connectivity index (χ4v) is 5.10. The van der Waals surface area contributed by atoms with Crippen LogP contribution in [0, 0.1) is 0 Å². The van der Waals surface area contributed by atoms with Crippen LogP contribution >= 0.6 is 11.8 Å². The SMILES string of the molecule is COc1ccc(S(=O)(=O)N2CCCSCC2)c(CCN)c1. The molecule has 1 saturated heterocycles. The van der Waals surface area contributed by atoms with E-state index < -0.39 is 10.0 Å².